The molecule has 4 N–H and O–H groups in total. The standard InChI is InChI=1S/C27H25ClN6O4/c28-21-5-2-6-22-23(21)24(31-30-22)29-16-17-7-9-18(10-8-17)26(36)33-11-13-34(14-12-33)27(37)20-4-1-3-19(15-20)25(35)32-38/h1-10,15,38H,11-14,16H2,(H,32,35)(H2,29,30,31). The van der Waals surface area contributed by atoms with E-state index in [-0.39, 0.29) is 17.4 Å². The summed E-state index contributed by atoms with van der Waals surface area (Å²) in [5.41, 5.74) is 4.51. The second-order valence-electron chi connectivity index (χ2n) is 8.89. The number of nitrogens with zero attached hydrogens (tertiary/aromatic N) is 3. The van der Waals surface area contributed by atoms with E-state index in [0.29, 0.717) is 54.7 Å². The van der Waals surface area contributed by atoms with Crippen LogP contribution in [-0.2, 0) is 6.54 Å². The van der Waals surface area contributed by atoms with Crippen LogP contribution in [0.2, 0.25) is 5.02 Å². The molecule has 1 aliphatic rings. The normalized spacial score (nSPS) is 13.4. The lowest BCUT2D eigenvalue weighted by Gasteiger charge is -2.35. The van der Waals surface area contributed by atoms with E-state index < -0.39 is 5.91 Å². The van der Waals surface area contributed by atoms with Crippen LogP contribution in [0.4, 0.5) is 5.82 Å². The summed E-state index contributed by atoms with van der Waals surface area (Å²) in [6.07, 6.45) is 0. The average molecular weight is 533 g/mol. The lowest BCUT2D eigenvalue weighted by molar-refractivity contribution is 0.0535. The van der Waals surface area contributed by atoms with Crippen LogP contribution in [0.1, 0.15) is 36.6 Å². The van der Waals surface area contributed by atoms with Gasteiger partial charge < -0.3 is 15.1 Å². The number of hydroxylamine groups is 1. The van der Waals surface area contributed by atoms with Crippen molar-refractivity contribution in [1.82, 2.24) is 25.5 Å². The maximum Gasteiger partial charge on any atom is 0.274 e. The second kappa shape index (κ2) is 10.9. The first-order valence-electron chi connectivity index (χ1n) is 12.0. The second-order valence-corrected chi connectivity index (χ2v) is 9.30. The number of rotatable bonds is 6. The minimum Gasteiger partial charge on any atom is -0.364 e. The molecule has 0 radical (unpaired) electrons. The Morgan fingerprint density at radius 2 is 1.50 bits per heavy atom. The van der Waals surface area contributed by atoms with Crippen LogP contribution >= 0.6 is 11.6 Å². The molecule has 38 heavy (non-hydrogen) atoms. The molecule has 11 heteroatoms. The molecule has 0 atom stereocenters. The summed E-state index contributed by atoms with van der Waals surface area (Å²) in [5.74, 6) is -0.340. The fourth-order valence-corrected chi connectivity index (χ4v) is 4.71. The molecule has 5 rings (SSSR count). The van der Waals surface area contributed by atoms with E-state index in [4.69, 9.17) is 16.8 Å². The van der Waals surface area contributed by atoms with Crippen LogP contribution in [0, 0.1) is 0 Å². The number of H-pyrrole nitrogens is 1. The number of benzene rings is 3. The maximum atomic E-state index is 13.0. The molecule has 1 aliphatic heterocycles. The number of piperazine rings is 1. The molecule has 0 bridgehead atoms. The van der Waals surface area contributed by atoms with Crippen molar-refractivity contribution in [2.45, 2.75) is 6.54 Å². The van der Waals surface area contributed by atoms with Crippen LogP contribution < -0.4 is 10.8 Å². The Kier molecular flexibility index (Phi) is 7.25. The van der Waals surface area contributed by atoms with Gasteiger partial charge in [-0.1, -0.05) is 35.9 Å². The molecule has 3 amide bonds. The summed E-state index contributed by atoms with van der Waals surface area (Å²) in [4.78, 5) is 41.0. The summed E-state index contributed by atoms with van der Waals surface area (Å²) in [5, 5.41) is 20.8. The van der Waals surface area contributed by atoms with Gasteiger partial charge in [-0.15, -0.1) is 0 Å². The van der Waals surface area contributed by atoms with Crippen molar-refractivity contribution in [1.29, 1.82) is 0 Å². The Morgan fingerprint density at radius 1 is 0.868 bits per heavy atom. The fourth-order valence-electron chi connectivity index (χ4n) is 4.44. The van der Waals surface area contributed by atoms with Crippen LogP contribution in [-0.4, -0.2) is 69.1 Å². The Hall–Kier alpha value is -4.41. The summed E-state index contributed by atoms with van der Waals surface area (Å²) in [6.45, 7) is 2.07. The molecule has 2 heterocycles. The van der Waals surface area contributed by atoms with Crippen LogP contribution in [0.25, 0.3) is 10.9 Å². The summed E-state index contributed by atoms with van der Waals surface area (Å²) < 4.78 is 0. The van der Waals surface area contributed by atoms with E-state index >= 15 is 0 Å². The van der Waals surface area contributed by atoms with E-state index in [0.717, 1.165) is 16.5 Å². The number of nitrogens with one attached hydrogen (secondary N) is 3. The highest BCUT2D eigenvalue weighted by Gasteiger charge is 2.26. The van der Waals surface area contributed by atoms with Crippen molar-refractivity contribution in [3.63, 3.8) is 0 Å². The monoisotopic (exact) mass is 532 g/mol. The Labute approximate surface area is 223 Å². The predicted molar refractivity (Wildman–Crippen MR) is 142 cm³/mol. The van der Waals surface area contributed by atoms with E-state index in [1.807, 2.05) is 30.3 Å². The van der Waals surface area contributed by atoms with Gasteiger partial charge in [-0.2, -0.15) is 5.10 Å². The maximum absolute atomic E-state index is 13.0. The van der Waals surface area contributed by atoms with Crippen molar-refractivity contribution >= 4 is 46.0 Å². The van der Waals surface area contributed by atoms with E-state index in [2.05, 4.69) is 15.5 Å². The molecular weight excluding hydrogens is 508 g/mol. The van der Waals surface area contributed by atoms with Crippen molar-refractivity contribution in [2.75, 3.05) is 31.5 Å². The van der Waals surface area contributed by atoms with Gasteiger partial charge in [0.25, 0.3) is 17.7 Å². The lowest BCUT2D eigenvalue weighted by atomic mass is 10.1. The molecule has 0 spiro atoms. The van der Waals surface area contributed by atoms with Crippen molar-refractivity contribution in [3.8, 4) is 0 Å². The van der Waals surface area contributed by atoms with Crippen LogP contribution in [0.3, 0.4) is 0 Å². The minimum absolute atomic E-state index is 0.0942. The van der Waals surface area contributed by atoms with Gasteiger partial charge in [0.1, 0.15) is 0 Å². The minimum atomic E-state index is -0.684. The highest BCUT2D eigenvalue weighted by atomic mass is 35.5. The molecule has 10 nitrogen and oxygen atoms in total. The van der Waals surface area contributed by atoms with Crippen LogP contribution in [0.5, 0.6) is 0 Å². The summed E-state index contributed by atoms with van der Waals surface area (Å²) in [6, 6.07) is 19.1. The molecule has 0 unspecified atom stereocenters. The van der Waals surface area contributed by atoms with E-state index in [1.165, 1.54) is 12.1 Å². The number of halogens is 1. The number of anilines is 1. The smallest absolute Gasteiger partial charge is 0.274 e. The number of amides is 3. The molecule has 0 aliphatic carbocycles. The quantitative estimate of drug-likeness (QED) is 0.222. The van der Waals surface area contributed by atoms with Crippen molar-refractivity contribution in [2.24, 2.45) is 0 Å². The van der Waals surface area contributed by atoms with Crippen LogP contribution in [0.15, 0.2) is 66.7 Å². The Bertz CT molecular complexity index is 1500. The summed E-state index contributed by atoms with van der Waals surface area (Å²) >= 11 is 6.31. The van der Waals surface area contributed by atoms with Gasteiger partial charge in [-0.25, -0.2) is 5.48 Å². The number of hydrogen-bond donors (Lipinski definition) is 4. The number of aromatic nitrogens is 2. The van der Waals surface area contributed by atoms with Gasteiger partial charge in [0.05, 0.1) is 15.9 Å². The number of carbonyl (C=O) groups is 3. The van der Waals surface area contributed by atoms with Crippen molar-refractivity contribution < 1.29 is 19.6 Å². The number of fused-ring (bicyclic) bond motifs is 1. The molecular formula is C27H25ClN6O4. The number of aromatic amines is 1. The molecule has 1 aromatic heterocycles. The number of carbonyl (C=O) groups excluding carboxylic acids is 3. The Morgan fingerprint density at radius 3 is 2.18 bits per heavy atom. The van der Waals surface area contributed by atoms with Gasteiger partial charge in [0.15, 0.2) is 5.82 Å². The SMILES string of the molecule is O=C(NO)c1cccc(C(=O)N2CCN(C(=O)c3ccc(CNc4n[nH]c5cccc(Cl)c45)cc3)CC2)c1. The third kappa shape index (κ3) is 5.17. The molecule has 194 valence electrons. The fraction of sp³-hybridized carbons (Fsp3) is 0.185. The predicted octanol–water partition coefficient (Wildman–Crippen LogP) is 3.55. The molecule has 0 saturated carbocycles. The van der Waals surface area contributed by atoms with E-state index in [9.17, 15) is 14.4 Å². The van der Waals surface area contributed by atoms with Gasteiger partial charge in [0.2, 0.25) is 0 Å². The zero-order valence-corrected chi connectivity index (χ0v) is 21.0. The first kappa shape index (κ1) is 25.2. The highest BCUT2D eigenvalue weighted by Crippen LogP contribution is 2.28. The molecule has 1 saturated heterocycles. The molecule has 3 aromatic carbocycles. The van der Waals surface area contributed by atoms with Gasteiger partial charge in [-0.3, -0.25) is 24.7 Å². The third-order valence-corrected chi connectivity index (χ3v) is 6.84. The number of hydrogen-bond acceptors (Lipinski definition) is 6. The van der Waals surface area contributed by atoms with Gasteiger partial charge in [-0.05, 0) is 48.0 Å². The lowest BCUT2D eigenvalue weighted by Crippen LogP contribution is -2.50. The molecule has 4 aromatic rings. The third-order valence-electron chi connectivity index (χ3n) is 6.53. The topological polar surface area (TPSA) is 131 Å². The largest absolute Gasteiger partial charge is 0.364 e. The average Bonchev–Trinajstić information content (AvgIpc) is 3.39. The zero-order chi connectivity index (χ0) is 26.6. The summed E-state index contributed by atoms with van der Waals surface area (Å²) in [7, 11) is 0. The van der Waals surface area contributed by atoms with Gasteiger partial charge in [0, 0.05) is 49.4 Å². The van der Waals surface area contributed by atoms with Gasteiger partial charge >= 0.3 is 0 Å². The van der Waals surface area contributed by atoms with Crippen molar-refractivity contribution in [3.05, 3.63) is 94.0 Å². The highest BCUT2D eigenvalue weighted by molar-refractivity contribution is 6.36. The molecule has 1 fully saturated rings. The van der Waals surface area contributed by atoms with E-state index in [1.54, 1.807) is 39.5 Å². The Balaban J connectivity index is 1.16. The first-order valence-corrected chi connectivity index (χ1v) is 12.4. The first-order chi connectivity index (χ1) is 18.4. The zero-order valence-electron chi connectivity index (χ0n) is 20.3.